The van der Waals surface area contributed by atoms with Crippen LogP contribution in [0.1, 0.15) is 25.7 Å². The maximum Gasteiger partial charge on any atom is 0.203 e. The highest BCUT2D eigenvalue weighted by atomic mass is 32.1. The molecular formula is C13H13NOS. The van der Waals surface area contributed by atoms with Crippen molar-refractivity contribution in [2.45, 2.75) is 13.8 Å². The number of rotatable bonds is 2. The van der Waals surface area contributed by atoms with Gasteiger partial charge in [-0.3, -0.25) is 4.79 Å². The van der Waals surface area contributed by atoms with E-state index in [0.29, 0.717) is 11.3 Å². The SMILES string of the molecule is Cc1ccc(C(=O)c2cc(N)ccc2C)s1. The molecule has 0 saturated heterocycles. The van der Waals surface area contributed by atoms with Crippen LogP contribution in [0.15, 0.2) is 30.3 Å². The van der Waals surface area contributed by atoms with Crippen molar-refractivity contribution in [3.8, 4) is 0 Å². The molecule has 0 aliphatic rings. The molecule has 0 fully saturated rings. The molecule has 0 atom stereocenters. The Labute approximate surface area is 98.7 Å². The minimum Gasteiger partial charge on any atom is -0.399 e. The molecule has 0 amide bonds. The number of hydrogen-bond acceptors (Lipinski definition) is 3. The van der Waals surface area contributed by atoms with Crippen LogP contribution in [0.5, 0.6) is 0 Å². The minimum absolute atomic E-state index is 0.0582. The number of thiophene rings is 1. The first-order valence-corrected chi connectivity index (χ1v) is 5.87. The van der Waals surface area contributed by atoms with Gasteiger partial charge in [-0.1, -0.05) is 6.07 Å². The second-order valence-electron chi connectivity index (χ2n) is 3.81. The zero-order valence-electron chi connectivity index (χ0n) is 9.28. The van der Waals surface area contributed by atoms with Gasteiger partial charge in [-0.15, -0.1) is 11.3 Å². The molecule has 0 bridgehead atoms. The van der Waals surface area contributed by atoms with E-state index in [-0.39, 0.29) is 5.78 Å². The second-order valence-corrected chi connectivity index (χ2v) is 5.10. The zero-order valence-corrected chi connectivity index (χ0v) is 10.1. The van der Waals surface area contributed by atoms with Crippen molar-refractivity contribution in [3.63, 3.8) is 0 Å². The molecule has 16 heavy (non-hydrogen) atoms. The summed E-state index contributed by atoms with van der Waals surface area (Å²) in [7, 11) is 0. The Morgan fingerprint density at radius 1 is 1.19 bits per heavy atom. The van der Waals surface area contributed by atoms with Crippen LogP contribution in [-0.2, 0) is 0 Å². The van der Waals surface area contributed by atoms with E-state index < -0.39 is 0 Å². The fraction of sp³-hybridized carbons (Fsp3) is 0.154. The first-order chi connectivity index (χ1) is 7.58. The van der Waals surface area contributed by atoms with E-state index in [1.54, 1.807) is 6.07 Å². The lowest BCUT2D eigenvalue weighted by molar-refractivity contribution is 0.104. The lowest BCUT2D eigenvalue weighted by Crippen LogP contribution is -2.02. The summed E-state index contributed by atoms with van der Waals surface area (Å²) in [5.41, 5.74) is 7.99. The van der Waals surface area contributed by atoms with Gasteiger partial charge < -0.3 is 5.73 Å². The number of benzene rings is 1. The Balaban J connectivity index is 2.45. The number of hydrogen-bond donors (Lipinski definition) is 1. The quantitative estimate of drug-likeness (QED) is 0.637. The Hall–Kier alpha value is -1.61. The topological polar surface area (TPSA) is 43.1 Å². The van der Waals surface area contributed by atoms with Gasteiger partial charge in [0.1, 0.15) is 0 Å². The summed E-state index contributed by atoms with van der Waals surface area (Å²) in [5, 5.41) is 0. The number of anilines is 1. The van der Waals surface area contributed by atoms with Gasteiger partial charge in [0, 0.05) is 16.1 Å². The molecule has 0 aliphatic carbocycles. The van der Waals surface area contributed by atoms with E-state index in [0.717, 1.165) is 15.3 Å². The maximum atomic E-state index is 12.2. The Bertz CT molecular complexity index is 543. The van der Waals surface area contributed by atoms with E-state index in [4.69, 9.17) is 5.73 Å². The fourth-order valence-electron chi connectivity index (χ4n) is 1.57. The average molecular weight is 231 g/mol. The van der Waals surface area contributed by atoms with Crippen LogP contribution >= 0.6 is 11.3 Å². The number of ketones is 1. The van der Waals surface area contributed by atoms with Crippen LogP contribution in [0.25, 0.3) is 0 Å². The van der Waals surface area contributed by atoms with E-state index in [1.807, 2.05) is 38.1 Å². The van der Waals surface area contributed by atoms with Crippen molar-refractivity contribution >= 4 is 22.8 Å². The molecule has 0 spiro atoms. The number of carbonyl (C=O) groups excluding carboxylic acids is 1. The molecule has 1 heterocycles. The number of nitrogens with two attached hydrogens (primary N) is 1. The van der Waals surface area contributed by atoms with Crippen LogP contribution in [0.2, 0.25) is 0 Å². The molecule has 1 aromatic heterocycles. The molecule has 2 aromatic rings. The highest BCUT2D eigenvalue weighted by Crippen LogP contribution is 2.22. The standard InChI is InChI=1S/C13H13NOS/c1-8-3-5-10(14)7-11(8)13(15)12-6-4-9(2)16-12/h3-7H,14H2,1-2H3. The van der Waals surface area contributed by atoms with Crippen LogP contribution in [0.3, 0.4) is 0 Å². The lowest BCUT2D eigenvalue weighted by Gasteiger charge is -2.04. The summed E-state index contributed by atoms with van der Waals surface area (Å²) in [6, 6.07) is 9.26. The van der Waals surface area contributed by atoms with Gasteiger partial charge in [0.15, 0.2) is 0 Å². The number of carbonyl (C=O) groups is 1. The normalized spacial score (nSPS) is 10.4. The van der Waals surface area contributed by atoms with Gasteiger partial charge in [-0.2, -0.15) is 0 Å². The third kappa shape index (κ3) is 1.99. The summed E-state index contributed by atoms with van der Waals surface area (Å²) in [4.78, 5) is 14.1. The molecular weight excluding hydrogens is 218 g/mol. The second kappa shape index (κ2) is 4.10. The third-order valence-electron chi connectivity index (χ3n) is 2.47. The number of nitrogen functional groups attached to an aromatic ring is 1. The van der Waals surface area contributed by atoms with Crippen molar-refractivity contribution in [1.82, 2.24) is 0 Å². The van der Waals surface area contributed by atoms with E-state index in [9.17, 15) is 4.79 Å². The summed E-state index contributed by atoms with van der Waals surface area (Å²) >= 11 is 1.51. The predicted octanol–water partition coefficient (Wildman–Crippen LogP) is 3.18. The number of aryl methyl sites for hydroxylation is 2. The molecule has 2 N–H and O–H groups in total. The van der Waals surface area contributed by atoms with Crippen molar-refractivity contribution in [1.29, 1.82) is 0 Å². The fourth-order valence-corrected chi connectivity index (χ4v) is 2.40. The molecule has 2 nitrogen and oxygen atoms in total. The van der Waals surface area contributed by atoms with Crippen LogP contribution < -0.4 is 5.73 Å². The van der Waals surface area contributed by atoms with Gasteiger partial charge in [-0.25, -0.2) is 0 Å². The average Bonchev–Trinajstić information content (AvgIpc) is 2.67. The van der Waals surface area contributed by atoms with E-state index in [1.165, 1.54) is 11.3 Å². The van der Waals surface area contributed by atoms with Gasteiger partial charge in [0.05, 0.1) is 4.88 Å². The highest BCUT2D eigenvalue weighted by Gasteiger charge is 2.13. The molecule has 0 radical (unpaired) electrons. The summed E-state index contributed by atoms with van der Waals surface area (Å²) < 4.78 is 0. The van der Waals surface area contributed by atoms with Crippen molar-refractivity contribution in [2.75, 3.05) is 5.73 Å². The molecule has 2 rings (SSSR count). The predicted molar refractivity (Wildman–Crippen MR) is 68.1 cm³/mol. The Morgan fingerprint density at radius 2 is 1.94 bits per heavy atom. The summed E-state index contributed by atoms with van der Waals surface area (Å²) in [6.07, 6.45) is 0. The van der Waals surface area contributed by atoms with Gasteiger partial charge in [0.25, 0.3) is 0 Å². The van der Waals surface area contributed by atoms with Gasteiger partial charge in [-0.05, 0) is 43.7 Å². The van der Waals surface area contributed by atoms with Crippen LogP contribution in [0.4, 0.5) is 5.69 Å². The minimum atomic E-state index is 0.0582. The monoisotopic (exact) mass is 231 g/mol. The van der Waals surface area contributed by atoms with Gasteiger partial charge in [0.2, 0.25) is 5.78 Å². The first kappa shape index (κ1) is 10.9. The smallest absolute Gasteiger partial charge is 0.203 e. The Kier molecular flexibility index (Phi) is 2.79. The van der Waals surface area contributed by atoms with Crippen molar-refractivity contribution in [3.05, 3.63) is 51.2 Å². The molecule has 0 unspecified atom stereocenters. The van der Waals surface area contributed by atoms with E-state index in [2.05, 4.69) is 0 Å². The summed E-state index contributed by atoms with van der Waals surface area (Å²) in [5.74, 6) is 0.0582. The van der Waals surface area contributed by atoms with E-state index >= 15 is 0 Å². The molecule has 1 aromatic carbocycles. The zero-order chi connectivity index (χ0) is 11.7. The van der Waals surface area contributed by atoms with Crippen molar-refractivity contribution in [2.24, 2.45) is 0 Å². The Morgan fingerprint density at radius 3 is 2.56 bits per heavy atom. The van der Waals surface area contributed by atoms with Crippen LogP contribution in [0, 0.1) is 13.8 Å². The molecule has 0 saturated carbocycles. The lowest BCUT2D eigenvalue weighted by atomic mass is 10.0. The third-order valence-corrected chi connectivity index (χ3v) is 3.47. The summed E-state index contributed by atoms with van der Waals surface area (Å²) in [6.45, 7) is 3.92. The van der Waals surface area contributed by atoms with Crippen LogP contribution in [-0.4, -0.2) is 5.78 Å². The molecule has 82 valence electrons. The molecule has 0 aliphatic heterocycles. The largest absolute Gasteiger partial charge is 0.399 e. The van der Waals surface area contributed by atoms with Gasteiger partial charge >= 0.3 is 0 Å². The first-order valence-electron chi connectivity index (χ1n) is 5.05. The van der Waals surface area contributed by atoms with Crippen molar-refractivity contribution < 1.29 is 4.79 Å². The maximum absolute atomic E-state index is 12.2. The molecule has 3 heteroatoms. The highest BCUT2D eigenvalue weighted by molar-refractivity contribution is 7.14.